The van der Waals surface area contributed by atoms with Gasteiger partial charge in [0.1, 0.15) is 5.82 Å². The highest BCUT2D eigenvalue weighted by atomic mass is 19.1. The van der Waals surface area contributed by atoms with E-state index in [9.17, 15) is 9.18 Å². The molecule has 3 rings (SSSR count). The van der Waals surface area contributed by atoms with Crippen molar-refractivity contribution in [1.29, 1.82) is 0 Å². The van der Waals surface area contributed by atoms with E-state index in [2.05, 4.69) is 15.5 Å². The number of nitrogens with zero attached hydrogens (tertiary/aromatic N) is 3. The molecule has 2 aromatic rings. The molecule has 2 amide bonds. The van der Waals surface area contributed by atoms with Crippen LogP contribution in [0.2, 0.25) is 0 Å². The fraction of sp³-hybridized carbons (Fsp3) is 0.471. The van der Waals surface area contributed by atoms with Crippen LogP contribution in [0.25, 0.3) is 11.4 Å². The van der Waals surface area contributed by atoms with Gasteiger partial charge in [-0.25, -0.2) is 9.18 Å². The first-order valence-electron chi connectivity index (χ1n) is 8.28. The highest BCUT2D eigenvalue weighted by Crippen LogP contribution is 2.27. The van der Waals surface area contributed by atoms with Gasteiger partial charge in [-0.1, -0.05) is 5.16 Å². The van der Waals surface area contributed by atoms with Crippen LogP contribution in [0.3, 0.4) is 0 Å². The predicted octanol–water partition coefficient (Wildman–Crippen LogP) is 2.41. The number of carbonyl (C=O) groups is 1. The number of halogens is 1. The normalized spacial score (nSPS) is 17.5. The number of carbonyl (C=O) groups excluding carboxylic acids is 1. The average Bonchev–Trinajstić information content (AvgIpc) is 3.13. The molecule has 1 aliphatic rings. The Hall–Kier alpha value is -2.48. The minimum absolute atomic E-state index is 0.00336. The highest BCUT2D eigenvalue weighted by Gasteiger charge is 2.28. The van der Waals surface area contributed by atoms with Gasteiger partial charge in [0.2, 0.25) is 11.7 Å². The van der Waals surface area contributed by atoms with Gasteiger partial charge in [-0.15, -0.1) is 0 Å². The molecule has 0 spiro atoms. The molecule has 1 aromatic carbocycles. The highest BCUT2D eigenvalue weighted by molar-refractivity contribution is 5.74. The smallest absolute Gasteiger partial charge is 0.317 e. The maximum Gasteiger partial charge on any atom is 0.317 e. The van der Waals surface area contributed by atoms with Crippen molar-refractivity contribution in [3.05, 3.63) is 36.0 Å². The summed E-state index contributed by atoms with van der Waals surface area (Å²) in [6.45, 7) is 2.19. The number of amides is 2. The fourth-order valence-corrected chi connectivity index (χ4v) is 2.85. The molecule has 2 heterocycles. The van der Waals surface area contributed by atoms with Crippen molar-refractivity contribution in [1.82, 2.24) is 20.4 Å². The lowest BCUT2D eigenvalue weighted by molar-refractivity contribution is 0.163. The van der Waals surface area contributed by atoms with Crippen LogP contribution >= 0.6 is 0 Å². The van der Waals surface area contributed by atoms with Crippen molar-refractivity contribution in [2.45, 2.75) is 18.8 Å². The van der Waals surface area contributed by atoms with Gasteiger partial charge in [0, 0.05) is 32.3 Å². The molecule has 1 saturated heterocycles. The maximum atomic E-state index is 13.0. The first kappa shape index (κ1) is 17.3. The van der Waals surface area contributed by atoms with E-state index < -0.39 is 0 Å². The predicted molar refractivity (Wildman–Crippen MR) is 88.5 cm³/mol. The van der Waals surface area contributed by atoms with Gasteiger partial charge in [-0.05, 0) is 37.1 Å². The molecule has 1 unspecified atom stereocenters. The number of benzene rings is 1. The molecule has 25 heavy (non-hydrogen) atoms. The zero-order valence-electron chi connectivity index (χ0n) is 14.1. The Morgan fingerprint density at radius 2 is 2.24 bits per heavy atom. The van der Waals surface area contributed by atoms with Crippen LogP contribution in [0.15, 0.2) is 28.8 Å². The average molecular weight is 348 g/mol. The second-order valence-corrected chi connectivity index (χ2v) is 5.97. The number of ether oxygens (including phenoxy) is 1. The quantitative estimate of drug-likeness (QED) is 0.839. The molecule has 1 atom stereocenters. The number of methoxy groups -OCH3 is 1. The van der Waals surface area contributed by atoms with Crippen LogP contribution in [-0.4, -0.2) is 54.4 Å². The second-order valence-electron chi connectivity index (χ2n) is 5.97. The number of rotatable bonds is 5. The van der Waals surface area contributed by atoms with Crippen LogP contribution < -0.4 is 5.32 Å². The van der Waals surface area contributed by atoms with Crippen molar-refractivity contribution in [3.63, 3.8) is 0 Å². The summed E-state index contributed by atoms with van der Waals surface area (Å²) in [5.41, 5.74) is 0.696. The van der Waals surface area contributed by atoms with E-state index in [4.69, 9.17) is 9.26 Å². The van der Waals surface area contributed by atoms with Crippen LogP contribution in [0.1, 0.15) is 24.7 Å². The van der Waals surface area contributed by atoms with E-state index in [0.717, 1.165) is 12.8 Å². The summed E-state index contributed by atoms with van der Waals surface area (Å²) in [6, 6.07) is 5.83. The van der Waals surface area contributed by atoms with Crippen molar-refractivity contribution in [2.75, 3.05) is 33.4 Å². The topological polar surface area (TPSA) is 80.5 Å². The number of urea groups is 1. The third-order valence-electron chi connectivity index (χ3n) is 4.18. The van der Waals surface area contributed by atoms with E-state index in [1.165, 1.54) is 12.1 Å². The summed E-state index contributed by atoms with van der Waals surface area (Å²) < 4.78 is 23.3. The Labute approximate surface area is 145 Å². The van der Waals surface area contributed by atoms with Gasteiger partial charge >= 0.3 is 6.03 Å². The standard InChI is InChI=1S/C17H21FN4O3/c1-24-10-8-19-17(23)22-9-2-3-13(11-22)16-20-15(21-25-16)12-4-6-14(18)7-5-12/h4-7,13H,2-3,8-11H2,1H3,(H,19,23). The summed E-state index contributed by atoms with van der Waals surface area (Å²) in [6.07, 6.45) is 1.75. The molecule has 1 fully saturated rings. The Morgan fingerprint density at radius 3 is 3.00 bits per heavy atom. The Kier molecular flexibility index (Phi) is 5.60. The Balaban J connectivity index is 1.63. The van der Waals surface area contributed by atoms with Crippen molar-refractivity contribution >= 4 is 6.03 Å². The van der Waals surface area contributed by atoms with E-state index >= 15 is 0 Å². The minimum atomic E-state index is -0.310. The van der Waals surface area contributed by atoms with Crippen LogP contribution in [0.5, 0.6) is 0 Å². The summed E-state index contributed by atoms with van der Waals surface area (Å²) in [5.74, 6) is 0.629. The number of piperidine rings is 1. The van der Waals surface area contributed by atoms with Crippen LogP contribution in [0, 0.1) is 5.82 Å². The molecule has 1 aromatic heterocycles. The minimum Gasteiger partial charge on any atom is -0.383 e. The van der Waals surface area contributed by atoms with Gasteiger partial charge in [0.05, 0.1) is 12.5 Å². The molecule has 0 saturated carbocycles. The third kappa shape index (κ3) is 4.33. The number of hydrogen-bond donors (Lipinski definition) is 1. The lowest BCUT2D eigenvalue weighted by atomic mass is 9.98. The Bertz CT molecular complexity index is 704. The van der Waals surface area contributed by atoms with Gasteiger partial charge in [0.15, 0.2) is 0 Å². The summed E-state index contributed by atoms with van der Waals surface area (Å²) in [5, 5.41) is 6.80. The molecule has 1 N–H and O–H groups in total. The zero-order valence-corrected chi connectivity index (χ0v) is 14.1. The van der Waals surface area contributed by atoms with Gasteiger partial charge in [0.25, 0.3) is 0 Å². The lowest BCUT2D eigenvalue weighted by Crippen LogP contribution is -2.45. The third-order valence-corrected chi connectivity index (χ3v) is 4.18. The Morgan fingerprint density at radius 1 is 1.44 bits per heavy atom. The van der Waals surface area contributed by atoms with Crippen LogP contribution in [-0.2, 0) is 4.74 Å². The van der Waals surface area contributed by atoms with E-state index in [0.29, 0.717) is 43.5 Å². The number of nitrogens with one attached hydrogen (secondary N) is 1. The molecular formula is C17H21FN4O3. The van der Waals surface area contributed by atoms with E-state index in [-0.39, 0.29) is 17.8 Å². The largest absolute Gasteiger partial charge is 0.383 e. The molecule has 0 bridgehead atoms. The number of likely N-dealkylation sites (tertiary alicyclic amines) is 1. The molecule has 8 heteroatoms. The first-order valence-corrected chi connectivity index (χ1v) is 8.28. The first-order chi connectivity index (χ1) is 12.2. The van der Waals surface area contributed by atoms with Crippen molar-refractivity contribution < 1.29 is 18.4 Å². The summed E-state index contributed by atoms with van der Waals surface area (Å²) in [4.78, 5) is 18.3. The van der Waals surface area contributed by atoms with Crippen molar-refractivity contribution in [3.8, 4) is 11.4 Å². The van der Waals surface area contributed by atoms with Gasteiger partial charge in [-0.2, -0.15) is 4.98 Å². The summed E-state index contributed by atoms with van der Waals surface area (Å²) in [7, 11) is 1.59. The maximum absolute atomic E-state index is 13.0. The monoisotopic (exact) mass is 348 g/mol. The van der Waals surface area contributed by atoms with Crippen LogP contribution in [0.4, 0.5) is 9.18 Å². The molecular weight excluding hydrogens is 327 g/mol. The number of aromatic nitrogens is 2. The van der Waals surface area contributed by atoms with E-state index in [1.807, 2.05) is 0 Å². The van der Waals surface area contributed by atoms with Gasteiger partial charge in [-0.3, -0.25) is 0 Å². The molecule has 134 valence electrons. The molecule has 0 radical (unpaired) electrons. The number of hydrogen-bond acceptors (Lipinski definition) is 5. The molecule has 1 aliphatic heterocycles. The molecule has 0 aliphatic carbocycles. The SMILES string of the molecule is COCCNC(=O)N1CCCC(c2nc(-c3ccc(F)cc3)no2)C1. The van der Waals surface area contributed by atoms with E-state index in [1.54, 1.807) is 24.1 Å². The fourth-order valence-electron chi connectivity index (χ4n) is 2.85. The van der Waals surface area contributed by atoms with Gasteiger partial charge < -0.3 is 19.5 Å². The summed E-state index contributed by atoms with van der Waals surface area (Å²) >= 11 is 0. The van der Waals surface area contributed by atoms with Crippen molar-refractivity contribution in [2.24, 2.45) is 0 Å². The molecule has 7 nitrogen and oxygen atoms in total. The zero-order chi connectivity index (χ0) is 17.6. The lowest BCUT2D eigenvalue weighted by Gasteiger charge is -2.31. The second kappa shape index (κ2) is 8.06.